The number of carbonyl (C=O) groups excluding carboxylic acids is 1. The van der Waals surface area contributed by atoms with Crippen LogP contribution in [0.3, 0.4) is 0 Å². The third-order valence-corrected chi connectivity index (χ3v) is 8.07. The lowest BCUT2D eigenvalue weighted by Gasteiger charge is -2.41. The molecule has 1 heterocycles. The van der Waals surface area contributed by atoms with E-state index in [2.05, 4.69) is 39.4 Å². The highest BCUT2D eigenvalue weighted by Gasteiger charge is 2.32. The molecule has 2 N–H and O–H groups in total. The molecule has 1 aliphatic heterocycles. The third kappa shape index (κ3) is 7.23. The molecule has 6 nitrogen and oxygen atoms in total. The first-order valence-electron chi connectivity index (χ1n) is 13.7. The number of benzene rings is 2. The predicted molar refractivity (Wildman–Crippen MR) is 145 cm³/mol. The first-order valence-corrected chi connectivity index (χ1v) is 13.7. The molecule has 1 unspecified atom stereocenters. The Kier molecular flexibility index (Phi) is 9.65. The molecule has 0 spiro atoms. The lowest BCUT2D eigenvalue weighted by Crippen LogP contribution is -2.55. The molecule has 2 aromatic rings. The summed E-state index contributed by atoms with van der Waals surface area (Å²) in [6.07, 6.45) is 5.78. The van der Waals surface area contributed by atoms with Gasteiger partial charge in [0, 0.05) is 44.5 Å². The zero-order chi connectivity index (χ0) is 25.3. The summed E-state index contributed by atoms with van der Waals surface area (Å²) in [6.45, 7) is 8.60. The normalized spacial score (nSPS) is 19.6. The predicted octanol–water partition coefficient (Wildman–Crippen LogP) is 4.47. The van der Waals surface area contributed by atoms with Crippen LogP contribution < -0.4 is 15.0 Å². The average molecular weight is 494 g/mol. The lowest BCUT2D eigenvalue weighted by molar-refractivity contribution is -0.129. The highest BCUT2D eigenvalue weighted by atomic mass is 16.5. The molecular formula is C30H43N3O3. The summed E-state index contributed by atoms with van der Waals surface area (Å²) >= 11 is 0. The Morgan fingerprint density at radius 2 is 1.75 bits per heavy atom. The zero-order valence-corrected chi connectivity index (χ0v) is 21.9. The van der Waals surface area contributed by atoms with Crippen LogP contribution in [0.2, 0.25) is 0 Å². The number of nitrogens with zero attached hydrogens (tertiary/aromatic N) is 2. The summed E-state index contributed by atoms with van der Waals surface area (Å²) in [6, 6.07) is 18.3. The Balaban J connectivity index is 1.20. The zero-order valence-electron chi connectivity index (χ0n) is 21.9. The molecule has 2 aliphatic rings. The smallest absolute Gasteiger partial charge is 0.225 e. The number of piperazine rings is 1. The molecule has 36 heavy (non-hydrogen) atoms. The number of hydrogen-bond donors (Lipinski definition) is 2. The SMILES string of the molecule is CC([C@H](O)[C@@H](C)C(=O)NCc1cccc(OCCC2CCCC2)c1)N1CCN(c2ccccc2)CC1. The summed E-state index contributed by atoms with van der Waals surface area (Å²) in [5.74, 6) is 1.06. The second kappa shape index (κ2) is 13.1. The number of carbonyl (C=O) groups is 1. The Labute approximate surface area is 216 Å². The van der Waals surface area contributed by atoms with E-state index in [9.17, 15) is 9.90 Å². The number of anilines is 1. The fraction of sp³-hybridized carbons (Fsp3) is 0.567. The number of ether oxygens (including phenoxy) is 1. The van der Waals surface area contributed by atoms with Crippen molar-refractivity contribution >= 4 is 11.6 Å². The van der Waals surface area contributed by atoms with Crippen LogP contribution in [0, 0.1) is 11.8 Å². The second-order valence-electron chi connectivity index (χ2n) is 10.5. The fourth-order valence-corrected chi connectivity index (χ4v) is 5.55. The first-order chi connectivity index (χ1) is 17.5. The Hall–Kier alpha value is -2.57. The molecule has 2 fully saturated rings. The van der Waals surface area contributed by atoms with Crippen LogP contribution in [-0.2, 0) is 11.3 Å². The van der Waals surface area contributed by atoms with Crippen LogP contribution in [0.25, 0.3) is 0 Å². The maximum Gasteiger partial charge on any atom is 0.225 e. The van der Waals surface area contributed by atoms with Gasteiger partial charge in [-0.05, 0) is 49.1 Å². The van der Waals surface area contributed by atoms with Crippen LogP contribution in [-0.4, -0.2) is 60.8 Å². The van der Waals surface area contributed by atoms with Crippen molar-refractivity contribution < 1.29 is 14.6 Å². The van der Waals surface area contributed by atoms with Crippen LogP contribution in [0.5, 0.6) is 5.75 Å². The van der Waals surface area contributed by atoms with Gasteiger partial charge in [-0.25, -0.2) is 0 Å². The van der Waals surface area contributed by atoms with Crippen molar-refractivity contribution in [2.45, 2.75) is 64.6 Å². The summed E-state index contributed by atoms with van der Waals surface area (Å²) in [7, 11) is 0. The van der Waals surface area contributed by atoms with E-state index in [1.165, 1.54) is 31.4 Å². The van der Waals surface area contributed by atoms with Crippen molar-refractivity contribution in [3.63, 3.8) is 0 Å². The molecule has 2 aromatic carbocycles. The van der Waals surface area contributed by atoms with E-state index in [0.29, 0.717) is 6.54 Å². The van der Waals surface area contributed by atoms with Gasteiger partial charge in [0.15, 0.2) is 0 Å². The van der Waals surface area contributed by atoms with Crippen LogP contribution in [0.15, 0.2) is 54.6 Å². The van der Waals surface area contributed by atoms with Gasteiger partial charge in [0.25, 0.3) is 0 Å². The van der Waals surface area contributed by atoms with Crippen molar-refractivity contribution in [2.75, 3.05) is 37.7 Å². The monoisotopic (exact) mass is 493 g/mol. The molecule has 1 saturated carbocycles. The van der Waals surface area contributed by atoms with Gasteiger partial charge in [-0.3, -0.25) is 9.69 Å². The molecule has 0 aromatic heterocycles. The minimum Gasteiger partial charge on any atom is -0.494 e. The summed E-state index contributed by atoms with van der Waals surface area (Å²) < 4.78 is 5.97. The highest BCUT2D eigenvalue weighted by molar-refractivity contribution is 5.78. The number of para-hydroxylation sites is 1. The molecule has 1 aliphatic carbocycles. The van der Waals surface area contributed by atoms with Crippen molar-refractivity contribution in [3.8, 4) is 5.75 Å². The van der Waals surface area contributed by atoms with E-state index in [-0.39, 0.29) is 11.9 Å². The minimum atomic E-state index is -0.724. The standard InChI is InChI=1S/C30H43N3O3/c1-23(29(34)24(2)32-16-18-33(19-17-32)27-12-4-3-5-13-27)30(35)31-22-26-11-8-14-28(21-26)36-20-15-25-9-6-7-10-25/h3-5,8,11-14,21,23-25,29,34H,6-7,9-10,15-20,22H2,1-2H3,(H,31,35)/t23-,24?,29-/m1/s1. The van der Waals surface area contributed by atoms with Gasteiger partial charge < -0.3 is 20.1 Å². The topological polar surface area (TPSA) is 65.0 Å². The van der Waals surface area contributed by atoms with Gasteiger partial charge in [0.1, 0.15) is 5.75 Å². The molecule has 3 atom stereocenters. The van der Waals surface area contributed by atoms with Gasteiger partial charge in [-0.1, -0.05) is 62.9 Å². The van der Waals surface area contributed by atoms with Crippen molar-refractivity contribution in [1.29, 1.82) is 0 Å². The molecular weight excluding hydrogens is 450 g/mol. The Morgan fingerprint density at radius 1 is 1.03 bits per heavy atom. The van der Waals surface area contributed by atoms with Crippen LogP contribution >= 0.6 is 0 Å². The maximum atomic E-state index is 12.9. The molecule has 196 valence electrons. The molecule has 1 saturated heterocycles. The Morgan fingerprint density at radius 3 is 2.47 bits per heavy atom. The molecule has 4 rings (SSSR count). The number of aliphatic hydroxyl groups is 1. The average Bonchev–Trinajstić information content (AvgIpc) is 3.45. The molecule has 0 radical (unpaired) electrons. The van der Waals surface area contributed by atoms with Gasteiger partial charge in [0.2, 0.25) is 5.91 Å². The van der Waals surface area contributed by atoms with E-state index in [1.54, 1.807) is 0 Å². The largest absolute Gasteiger partial charge is 0.494 e. The lowest BCUT2D eigenvalue weighted by atomic mass is 9.96. The molecule has 0 bridgehead atoms. The maximum absolute atomic E-state index is 12.9. The molecule has 1 amide bonds. The number of rotatable bonds is 11. The summed E-state index contributed by atoms with van der Waals surface area (Å²) in [5.41, 5.74) is 2.25. The van der Waals surface area contributed by atoms with Gasteiger partial charge in [0.05, 0.1) is 18.6 Å². The number of aliphatic hydroxyl groups excluding tert-OH is 1. The number of nitrogens with one attached hydrogen (secondary N) is 1. The van der Waals surface area contributed by atoms with Crippen molar-refractivity contribution in [3.05, 3.63) is 60.2 Å². The fourth-order valence-electron chi connectivity index (χ4n) is 5.55. The van der Waals surface area contributed by atoms with E-state index in [4.69, 9.17) is 4.74 Å². The van der Waals surface area contributed by atoms with E-state index >= 15 is 0 Å². The van der Waals surface area contributed by atoms with Crippen LogP contribution in [0.1, 0.15) is 51.5 Å². The quantitative estimate of drug-likeness (QED) is 0.484. The van der Waals surface area contributed by atoms with Crippen molar-refractivity contribution in [2.24, 2.45) is 11.8 Å². The third-order valence-electron chi connectivity index (χ3n) is 8.07. The highest BCUT2D eigenvalue weighted by Crippen LogP contribution is 2.27. The van der Waals surface area contributed by atoms with Gasteiger partial charge in [-0.15, -0.1) is 0 Å². The summed E-state index contributed by atoms with van der Waals surface area (Å²) in [4.78, 5) is 17.5. The van der Waals surface area contributed by atoms with Crippen LogP contribution in [0.4, 0.5) is 5.69 Å². The van der Waals surface area contributed by atoms with Gasteiger partial charge in [-0.2, -0.15) is 0 Å². The van der Waals surface area contributed by atoms with Crippen molar-refractivity contribution in [1.82, 2.24) is 10.2 Å². The number of hydrogen-bond acceptors (Lipinski definition) is 5. The number of amides is 1. The molecule has 6 heteroatoms. The van der Waals surface area contributed by atoms with Gasteiger partial charge >= 0.3 is 0 Å². The summed E-state index contributed by atoms with van der Waals surface area (Å²) in [5, 5.41) is 14.0. The second-order valence-corrected chi connectivity index (χ2v) is 10.5. The van der Waals surface area contributed by atoms with E-state index < -0.39 is 12.0 Å². The first kappa shape index (κ1) is 26.5. The Bertz CT molecular complexity index is 939. The minimum absolute atomic E-state index is 0.0831. The van der Waals surface area contributed by atoms with E-state index in [1.807, 2.05) is 44.2 Å². The van der Waals surface area contributed by atoms with E-state index in [0.717, 1.165) is 56.4 Å².